The summed E-state index contributed by atoms with van der Waals surface area (Å²) in [5, 5.41) is 11.3. The lowest BCUT2D eigenvalue weighted by Crippen LogP contribution is -2.30. The number of nitrogens with one attached hydrogen (secondary N) is 1. The predicted octanol–water partition coefficient (Wildman–Crippen LogP) is 1.06. The van der Waals surface area contributed by atoms with E-state index in [0.29, 0.717) is 18.1 Å². The Hall–Kier alpha value is -2.68. The smallest absolute Gasteiger partial charge is 0.309 e. The van der Waals surface area contributed by atoms with E-state index in [9.17, 15) is 14.7 Å². The van der Waals surface area contributed by atoms with Crippen molar-refractivity contribution in [2.45, 2.75) is 5.92 Å². The first-order valence-electron chi connectivity index (χ1n) is 7.07. The van der Waals surface area contributed by atoms with Crippen molar-refractivity contribution in [3.05, 3.63) is 41.7 Å². The molecule has 2 N–H and O–H groups in total. The molecule has 0 saturated carbocycles. The van der Waals surface area contributed by atoms with Crippen LogP contribution in [0.25, 0.3) is 4.96 Å². The lowest BCUT2D eigenvalue weighted by molar-refractivity contribution is -0.141. The van der Waals surface area contributed by atoms with E-state index >= 15 is 0 Å². The van der Waals surface area contributed by atoms with Crippen LogP contribution in [0.2, 0.25) is 0 Å². The lowest BCUT2D eigenvalue weighted by Gasteiger charge is -2.14. The Balaban J connectivity index is 1.61. The van der Waals surface area contributed by atoms with Crippen LogP contribution in [0, 0.1) is 5.92 Å². The second kappa shape index (κ2) is 5.20. The molecule has 4 rings (SSSR count). The average Bonchev–Trinajstić information content (AvgIpc) is 3.26. The van der Waals surface area contributed by atoms with Crippen molar-refractivity contribution < 1.29 is 14.7 Å². The zero-order chi connectivity index (χ0) is 16.0. The van der Waals surface area contributed by atoms with Gasteiger partial charge in [-0.3, -0.25) is 14.0 Å². The molecule has 0 aliphatic carbocycles. The summed E-state index contributed by atoms with van der Waals surface area (Å²) in [6.45, 7) is 0.471. The van der Waals surface area contributed by atoms with Crippen molar-refractivity contribution in [1.82, 2.24) is 24.3 Å². The topological polar surface area (TPSA) is 104 Å². The van der Waals surface area contributed by atoms with Crippen molar-refractivity contribution in [1.29, 1.82) is 0 Å². The number of carbonyl (C=O) groups excluding carboxylic acids is 1. The molecule has 1 aliphatic rings. The minimum atomic E-state index is -0.924. The summed E-state index contributed by atoms with van der Waals surface area (Å²) in [6, 6.07) is 0. The zero-order valence-corrected chi connectivity index (χ0v) is 12.7. The normalized spacial score (nSPS) is 21.1. The van der Waals surface area contributed by atoms with Gasteiger partial charge >= 0.3 is 5.97 Å². The average molecular weight is 331 g/mol. The highest BCUT2D eigenvalue weighted by atomic mass is 32.1. The largest absolute Gasteiger partial charge is 0.481 e. The number of carboxylic acid groups (broad SMARTS) is 1. The van der Waals surface area contributed by atoms with Gasteiger partial charge in [-0.05, 0) is 0 Å². The number of rotatable bonds is 3. The first-order valence-corrected chi connectivity index (χ1v) is 7.95. The van der Waals surface area contributed by atoms with Crippen molar-refractivity contribution in [3.63, 3.8) is 0 Å². The number of likely N-dealkylation sites (tertiary alicyclic amines) is 1. The van der Waals surface area contributed by atoms with E-state index in [1.807, 2.05) is 11.6 Å². The summed E-state index contributed by atoms with van der Waals surface area (Å²) in [4.78, 5) is 37.8. The fraction of sp³-hybridized carbons (Fsp3) is 0.286. The van der Waals surface area contributed by atoms with Gasteiger partial charge in [0.05, 0.1) is 5.92 Å². The quantitative estimate of drug-likeness (QED) is 0.747. The van der Waals surface area contributed by atoms with Crippen molar-refractivity contribution in [2.75, 3.05) is 13.1 Å². The molecular weight excluding hydrogens is 318 g/mol. The molecule has 1 amide bonds. The van der Waals surface area contributed by atoms with E-state index in [-0.39, 0.29) is 18.4 Å². The predicted molar refractivity (Wildman–Crippen MR) is 81.4 cm³/mol. The monoisotopic (exact) mass is 331 g/mol. The lowest BCUT2D eigenvalue weighted by atomic mass is 9.96. The Morgan fingerprint density at radius 2 is 2.26 bits per heavy atom. The minimum Gasteiger partial charge on any atom is -0.481 e. The molecule has 8 nitrogen and oxygen atoms in total. The van der Waals surface area contributed by atoms with Gasteiger partial charge in [-0.1, -0.05) is 0 Å². The number of amides is 1. The fourth-order valence-corrected chi connectivity index (χ4v) is 3.67. The maximum atomic E-state index is 12.6. The van der Waals surface area contributed by atoms with Crippen LogP contribution in [-0.2, 0) is 4.79 Å². The van der Waals surface area contributed by atoms with Gasteiger partial charge in [0.15, 0.2) is 4.96 Å². The number of carboxylic acids is 1. The highest BCUT2D eigenvalue weighted by Gasteiger charge is 2.42. The van der Waals surface area contributed by atoms with Crippen LogP contribution in [0.3, 0.4) is 0 Å². The number of aromatic nitrogens is 4. The van der Waals surface area contributed by atoms with Gasteiger partial charge in [0.1, 0.15) is 11.5 Å². The third-order valence-corrected chi connectivity index (χ3v) is 4.88. The Morgan fingerprint density at radius 1 is 1.39 bits per heavy atom. The molecule has 0 aromatic carbocycles. The second-order valence-corrected chi connectivity index (χ2v) is 6.33. The number of hydrogen-bond donors (Lipinski definition) is 2. The fourth-order valence-electron chi connectivity index (χ4n) is 2.97. The van der Waals surface area contributed by atoms with E-state index in [1.54, 1.807) is 27.9 Å². The summed E-state index contributed by atoms with van der Waals surface area (Å²) in [6.07, 6.45) is 6.74. The van der Waals surface area contributed by atoms with Crippen molar-refractivity contribution in [2.24, 2.45) is 5.92 Å². The second-order valence-electron chi connectivity index (χ2n) is 5.45. The molecule has 3 aromatic heterocycles. The van der Waals surface area contributed by atoms with E-state index in [1.165, 1.54) is 11.3 Å². The molecule has 23 heavy (non-hydrogen) atoms. The molecule has 0 spiro atoms. The van der Waals surface area contributed by atoms with Crippen LogP contribution in [0.5, 0.6) is 0 Å². The van der Waals surface area contributed by atoms with Crippen LogP contribution >= 0.6 is 11.3 Å². The number of fused-ring (bicyclic) bond motifs is 1. The van der Waals surface area contributed by atoms with Crippen molar-refractivity contribution >= 4 is 28.2 Å². The Morgan fingerprint density at radius 3 is 2.96 bits per heavy atom. The number of nitrogens with zero attached hydrogens (tertiary/aromatic N) is 4. The van der Waals surface area contributed by atoms with Crippen LogP contribution in [0.4, 0.5) is 0 Å². The standard InChI is InChI=1S/C14H13N5O3S/c20-12(10-7-18-3-4-23-14(18)17-10)19-5-8(9(6-19)13(21)22)11-15-1-2-16-11/h1-4,7-9H,5-6H2,(H,15,16)(H,21,22)/t8-,9-/m1/s1. The molecule has 4 heterocycles. The van der Waals surface area contributed by atoms with Gasteiger partial charge in [-0.15, -0.1) is 11.3 Å². The van der Waals surface area contributed by atoms with Gasteiger partial charge < -0.3 is 15.0 Å². The number of hydrogen-bond acceptors (Lipinski definition) is 5. The first kappa shape index (κ1) is 13.9. The maximum Gasteiger partial charge on any atom is 0.309 e. The zero-order valence-electron chi connectivity index (χ0n) is 11.9. The molecule has 0 unspecified atom stereocenters. The van der Waals surface area contributed by atoms with Crippen LogP contribution in [-0.4, -0.2) is 54.3 Å². The summed E-state index contributed by atoms with van der Waals surface area (Å²) in [7, 11) is 0. The molecule has 3 aromatic rings. The van der Waals surface area contributed by atoms with Crippen LogP contribution in [0.15, 0.2) is 30.2 Å². The van der Waals surface area contributed by atoms with Gasteiger partial charge in [-0.25, -0.2) is 9.97 Å². The Labute approximate surface area is 134 Å². The van der Waals surface area contributed by atoms with Gasteiger partial charge in [0.2, 0.25) is 0 Å². The van der Waals surface area contributed by atoms with Gasteiger partial charge in [0.25, 0.3) is 5.91 Å². The molecule has 1 saturated heterocycles. The van der Waals surface area contributed by atoms with E-state index < -0.39 is 11.9 Å². The third-order valence-electron chi connectivity index (χ3n) is 4.11. The Bertz CT molecular complexity index is 840. The molecular formula is C14H13N5O3S. The van der Waals surface area contributed by atoms with Gasteiger partial charge in [-0.2, -0.15) is 0 Å². The van der Waals surface area contributed by atoms with E-state index in [0.717, 1.165) is 4.96 Å². The van der Waals surface area contributed by atoms with Gasteiger partial charge in [0, 0.05) is 49.2 Å². The van der Waals surface area contributed by atoms with E-state index in [4.69, 9.17) is 0 Å². The number of H-pyrrole nitrogens is 1. The van der Waals surface area contributed by atoms with Crippen LogP contribution < -0.4 is 0 Å². The SMILES string of the molecule is O=C(O)[C@@H]1CN(C(=O)c2cn3ccsc3n2)C[C@H]1c1ncc[nH]1. The molecule has 1 fully saturated rings. The number of carbonyl (C=O) groups is 2. The number of thiazole rings is 1. The summed E-state index contributed by atoms with van der Waals surface area (Å²) >= 11 is 1.44. The Kier molecular flexibility index (Phi) is 3.15. The molecule has 118 valence electrons. The highest BCUT2D eigenvalue weighted by molar-refractivity contribution is 7.15. The molecule has 0 bridgehead atoms. The van der Waals surface area contributed by atoms with Crippen LogP contribution in [0.1, 0.15) is 22.2 Å². The molecule has 0 radical (unpaired) electrons. The van der Waals surface area contributed by atoms with Crippen molar-refractivity contribution in [3.8, 4) is 0 Å². The summed E-state index contributed by atoms with van der Waals surface area (Å²) in [5.74, 6) is -1.59. The molecule has 2 atom stereocenters. The number of aliphatic carboxylic acids is 1. The highest BCUT2D eigenvalue weighted by Crippen LogP contribution is 2.31. The number of imidazole rings is 2. The summed E-state index contributed by atoms with van der Waals surface area (Å²) < 4.78 is 1.78. The summed E-state index contributed by atoms with van der Waals surface area (Å²) in [5.41, 5.74) is 0.334. The number of aromatic amines is 1. The molecule has 1 aliphatic heterocycles. The maximum absolute atomic E-state index is 12.6. The van der Waals surface area contributed by atoms with E-state index in [2.05, 4.69) is 15.0 Å². The minimum absolute atomic E-state index is 0.157. The molecule has 9 heteroatoms. The third kappa shape index (κ3) is 2.29. The first-order chi connectivity index (χ1) is 11.1.